The number of alkyl halides is 3. The molecule has 3 aliphatic rings. The van der Waals surface area contributed by atoms with Crippen molar-refractivity contribution in [3.05, 3.63) is 0 Å². The summed E-state index contributed by atoms with van der Waals surface area (Å²) in [5.74, 6) is -2.38. The number of carbonyl (C=O) groups is 3. The molecule has 0 bridgehead atoms. The Morgan fingerprint density at radius 2 is 1.88 bits per heavy atom. The van der Waals surface area contributed by atoms with Gasteiger partial charge < -0.3 is 20.4 Å². The van der Waals surface area contributed by atoms with Gasteiger partial charge in [0.2, 0.25) is 17.7 Å². The number of halogens is 3. The van der Waals surface area contributed by atoms with E-state index in [0.29, 0.717) is 32.6 Å². The molecule has 7 nitrogen and oxygen atoms in total. The molecule has 26 heavy (non-hydrogen) atoms. The Balaban J connectivity index is 1.61. The van der Waals surface area contributed by atoms with Crippen molar-refractivity contribution >= 4 is 17.7 Å². The third-order valence-electron chi connectivity index (χ3n) is 5.35. The van der Waals surface area contributed by atoms with E-state index in [1.807, 2.05) is 5.32 Å². The summed E-state index contributed by atoms with van der Waals surface area (Å²) < 4.78 is 38.2. The summed E-state index contributed by atoms with van der Waals surface area (Å²) in [6, 6.07) is -1.98. The van der Waals surface area contributed by atoms with E-state index in [-0.39, 0.29) is 31.3 Å². The Hall–Kier alpha value is -1.84. The predicted molar refractivity (Wildman–Crippen MR) is 84.9 cm³/mol. The van der Waals surface area contributed by atoms with Crippen LogP contribution in [0.25, 0.3) is 0 Å². The molecule has 0 radical (unpaired) electrons. The van der Waals surface area contributed by atoms with Gasteiger partial charge in [-0.1, -0.05) is 0 Å². The number of nitrogens with zero attached hydrogens (tertiary/aromatic N) is 2. The molecule has 0 aromatic rings. The number of hydrogen-bond donors (Lipinski definition) is 2. The van der Waals surface area contributed by atoms with Crippen molar-refractivity contribution in [3.8, 4) is 0 Å². The van der Waals surface area contributed by atoms with Gasteiger partial charge >= 0.3 is 6.18 Å². The summed E-state index contributed by atoms with van der Waals surface area (Å²) >= 11 is 0. The minimum atomic E-state index is -4.50. The normalized spacial score (nSPS) is 31.0. The van der Waals surface area contributed by atoms with Crippen molar-refractivity contribution in [2.45, 2.75) is 43.9 Å². The second-order valence-electron chi connectivity index (χ2n) is 7.08. The lowest BCUT2D eigenvalue weighted by atomic mass is 9.91. The number of carbonyl (C=O) groups excluding carboxylic acids is 3. The van der Waals surface area contributed by atoms with Crippen LogP contribution in [0.5, 0.6) is 0 Å². The average molecular weight is 376 g/mol. The Labute approximate surface area is 149 Å². The number of hydrogen-bond acceptors (Lipinski definition) is 4. The zero-order valence-electron chi connectivity index (χ0n) is 14.3. The SMILES string of the molecule is O=C1NC(C(F)(F)F)CCC1C(=O)N1CCCC(N2CCNCC2=O)C1. The quantitative estimate of drug-likeness (QED) is 0.658. The first-order valence-corrected chi connectivity index (χ1v) is 8.93. The molecule has 3 heterocycles. The van der Waals surface area contributed by atoms with E-state index in [1.165, 1.54) is 4.90 Å². The molecule has 3 saturated heterocycles. The van der Waals surface area contributed by atoms with Crippen LogP contribution in [0.4, 0.5) is 13.2 Å². The lowest BCUT2D eigenvalue weighted by Crippen LogP contribution is -2.59. The van der Waals surface area contributed by atoms with Crippen molar-refractivity contribution in [1.82, 2.24) is 20.4 Å². The molecule has 0 saturated carbocycles. The lowest BCUT2D eigenvalue weighted by molar-refractivity contribution is -0.172. The van der Waals surface area contributed by atoms with E-state index in [4.69, 9.17) is 0 Å². The highest BCUT2D eigenvalue weighted by atomic mass is 19.4. The van der Waals surface area contributed by atoms with Gasteiger partial charge in [0.05, 0.1) is 6.54 Å². The Morgan fingerprint density at radius 3 is 2.54 bits per heavy atom. The first-order chi connectivity index (χ1) is 12.3. The molecule has 3 amide bonds. The number of likely N-dealkylation sites (tertiary alicyclic amines) is 1. The second kappa shape index (κ2) is 7.42. The summed E-state index contributed by atoms with van der Waals surface area (Å²) in [4.78, 5) is 40.1. The molecule has 0 aromatic heterocycles. The van der Waals surface area contributed by atoms with Crippen molar-refractivity contribution in [1.29, 1.82) is 0 Å². The molecule has 3 aliphatic heterocycles. The van der Waals surface area contributed by atoms with E-state index >= 15 is 0 Å². The maximum absolute atomic E-state index is 12.7. The fourth-order valence-corrected chi connectivity index (χ4v) is 3.93. The number of piperazine rings is 1. The molecule has 2 N–H and O–H groups in total. The van der Waals surface area contributed by atoms with Crippen molar-refractivity contribution in [2.24, 2.45) is 5.92 Å². The van der Waals surface area contributed by atoms with Gasteiger partial charge in [-0.3, -0.25) is 14.4 Å². The lowest BCUT2D eigenvalue weighted by Gasteiger charge is -2.42. The zero-order valence-corrected chi connectivity index (χ0v) is 14.3. The first kappa shape index (κ1) is 18.9. The van der Waals surface area contributed by atoms with Gasteiger partial charge in [-0.05, 0) is 25.7 Å². The van der Waals surface area contributed by atoms with Gasteiger partial charge in [-0.2, -0.15) is 13.2 Å². The Bertz CT molecular complexity index is 584. The molecule has 0 aromatic carbocycles. The summed E-state index contributed by atoms with van der Waals surface area (Å²) in [6.45, 7) is 2.33. The van der Waals surface area contributed by atoms with Crippen molar-refractivity contribution in [3.63, 3.8) is 0 Å². The van der Waals surface area contributed by atoms with E-state index in [0.717, 1.165) is 6.42 Å². The molecule has 146 valence electrons. The molecule has 10 heteroatoms. The van der Waals surface area contributed by atoms with Crippen molar-refractivity contribution in [2.75, 3.05) is 32.7 Å². The average Bonchev–Trinajstić information content (AvgIpc) is 2.61. The van der Waals surface area contributed by atoms with Gasteiger partial charge in [0.25, 0.3) is 0 Å². The van der Waals surface area contributed by atoms with Crippen LogP contribution in [0, 0.1) is 5.92 Å². The second-order valence-corrected chi connectivity index (χ2v) is 7.08. The summed E-state index contributed by atoms with van der Waals surface area (Å²) in [7, 11) is 0. The maximum atomic E-state index is 12.7. The monoisotopic (exact) mass is 376 g/mol. The Kier molecular flexibility index (Phi) is 5.40. The molecule has 0 aliphatic carbocycles. The fourth-order valence-electron chi connectivity index (χ4n) is 3.93. The van der Waals surface area contributed by atoms with Gasteiger partial charge in [0.1, 0.15) is 12.0 Å². The zero-order chi connectivity index (χ0) is 18.9. The molecule has 3 fully saturated rings. The standard InChI is InChI=1S/C16H23F3N4O3/c17-16(18,19)12-4-3-11(14(25)21-12)15(26)22-6-1-2-10(9-22)23-7-5-20-8-13(23)24/h10-12,20H,1-9H2,(H,21,25). The first-order valence-electron chi connectivity index (χ1n) is 8.93. The van der Waals surface area contributed by atoms with Gasteiger partial charge in [0.15, 0.2) is 0 Å². The van der Waals surface area contributed by atoms with Crippen LogP contribution in [0.2, 0.25) is 0 Å². The Morgan fingerprint density at radius 1 is 1.12 bits per heavy atom. The number of rotatable bonds is 2. The summed E-state index contributed by atoms with van der Waals surface area (Å²) in [5, 5.41) is 4.92. The highest BCUT2D eigenvalue weighted by Crippen LogP contribution is 2.30. The predicted octanol–water partition coefficient (Wildman–Crippen LogP) is -0.134. The van der Waals surface area contributed by atoms with Gasteiger partial charge in [0, 0.05) is 32.2 Å². The smallest absolute Gasteiger partial charge is 0.344 e. The van der Waals surface area contributed by atoms with Crippen LogP contribution >= 0.6 is 0 Å². The molecule has 3 rings (SSSR count). The van der Waals surface area contributed by atoms with E-state index < -0.39 is 30.0 Å². The summed E-state index contributed by atoms with van der Waals surface area (Å²) in [6.07, 6.45) is -3.42. The summed E-state index contributed by atoms with van der Waals surface area (Å²) in [5.41, 5.74) is 0. The van der Waals surface area contributed by atoms with E-state index in [9.17, 15) is 27.6 Å². The minimum Gasteiger partial charge on any atom is -0.344 e. The fraction of sp³-hybridized carbons (Fsp3) is 0.812. The largest absolute Gasteiger partial charge is 0.408 e. The molecule has 3 unspecified atom stereocenters. The maximum Gasteiger partial charge on any atom is 0.408 e. The third kappa shape index (κ3) is 3.94. The van der Waals surface area contributed by atoms with Gasteiger partial charge in [-0.25, -0.2) is 0 Å². The van der Waals surface area contributed by atoms with Crippen LogP contribution in [0.3, 0.4) is 0 Å². The number of piperidine rings is 2. The molecular weight excluding hydrogens is 353 g/mol. The van der Waals surface area contributed by atoms with Crippen molar-refractivity contribution < 1.29 is 27.6 Å². The van der Waals surface area contributed by atoms with Gasteiger partial charge in [-0.15, -0.1) is 0 Å². The van der Waals surface area contributed by atoms with Crippen LogP contribution in [0.15, 0.2) is 0 Å². The molecule has 0 spiro atoms. The van der Waals surface area contributed by atoms with Crippen LogP contribution in [-0.2, 0) is 14.4 Å². The van der Waals surface area contributed by atoms with E-state index in [1.54, 1.807) is 4.90 Å². The van der Waals surface area contributed by atoms with E-state index in [2.05, 4.69) is 5.32 Å². The highest BCUT2D eigenvalue weighted by Gasteiger charge is 2.47. The molecular formula is C16H23F3N4O3. The van der Waals surface area contributed by atoms with Crippen LogP contribution in [-0.4, -0.2) is 78.5 Å². The topological polar surface area (TPSA) is 81.8 Å². The molecule has 3 atom stereocenters. The van der Waals surface area contributed by atoms with Crippen LogP contribution in [0.1, 0.15) is 25.7 Å². The third-order valence-corrected chi connectivity index (χ3v) is 5.35. The number of nitrogens with one attached hydrogen (secondary N) is 2. The van der Waals surface area contributed by atoms with Crippen LogP contribution < -0.4 is 10.6 Å². The highest BCUT2D eigenvalue weighted by molar-refractivity contribution is 6.01. The minimum absolute atomic E-state index is 0.0148. The number of amides is 3.